The van der Waals surface area contributed by atoms with E-state index in [1.807, 2.05) is 0 Å². The van der Waals surface area contributed by atoms with Crippen LogP contribution >= 0.6 is 0 Å². The largest absolute Gasteiger partial charge is 0.417 e. The van der Waals surface area contributed by atoms with E-state index in [0.29, 0.717) is 5.39 Å². The summed E-state index contributed by atoms with van der Waals surface area (Å²) in [6.07, 6.45) is -4.30. The van der Waals surface area contributed by atoms with Gasteiger partial charge in [0.1, 0.15) is 0 Å². The zero-order valence-electron chi connectivity index (χ0n) is 7.10. The van der Waals surface area contributed by atoms with E-state index in [-0.39, 0.29) is 5.39 Å². The van der Waals surface area contributed by atoms with E-state index < -0.39 is 11.7 Å². The summed E-state index contributed by atoms with van der Waals surface area (Å²) in [6.45, 7) is 0. The van der Waals surface area contributed by atoms with Gasteiger partial charge < -0.3 is 0 Å². The van der Waals surface area contributed by atoms with Crippen molar-refractivity contribution >= 4 is 10.8 Å². The van der Waals surface area contributed by atoms with Gasteiger partial charge >= 0.3 is 6.18 Å². The molecular weight excluding hydrogens is 189 g/mol. The van der Waals surface area contributed by atoms with Crippen LogP contribution in [0.2, 0.25) is 0 Å². The van der Waals surface area contributed by atoms with Crippen molar-refractivity contribution in [3.05, 3.63) is 48.0 Å². The number of halogens is 3. The molecule has 0 atom stereocenters. The van der Waals surface area contributed by atoms with Gasteiger partial charge in [-0.3, -0.25) is 0 Å². The van der Waals surface area contributed by atoms with Crippen molar-refractivity contribution in [1.82, 2.24) is 0 Å². The zero-order chi connectivity index (χ0) is 10.2. The monoisotopic (exact) mass is 195 g/mol. The fraction of sp³-hybridized carbons (Fsp3) is 0.0909. The van der Waals surface area contributed by atoms with E-state index in [1.165, 1.54) is 12.1 Å². The SMILES string of the molecule is FC(F)(F)c1cccc2[c]cccc12. The quantitative estimate of drug-likeness (QED) is 0.601. The van der Waals surface area contributed by atoms with Gasteiger partial charge in [0.2, 0.25) is 0 Å². The molecule has 0 bridgehead atoms. The fourth-order valence-electron chi connectivity index (χ4n) is 1.40. The Hall–Kier alpha value is -1.51. The maximum Gasteiger partial charge on any atom is 0.417 e. The molecule has 0 amide bonds. The second-order valence-corrected chi connectivity index (χ2v) is 2.93. The molecule has 0 unspecified atom stereocenters. The number of fused-ring (bicyclic) bond motifs is 1. The molecule has 0 spiro atoms. The minimum absolute atomic E-state index is 0.197. The lowest BCUT2D eigenvalue weighted by molar-refractivity contribution is -0.136. The van der Waals surface area contributed by atoms with Crippen molar-refractivity contribution in [2.45, 2.75) is 6.18 Å². The molecule has 0 aliphatic carbocycles. The Bertz CT molecular complexity index is 452. The second kappa shape index (κ2) is 3.01. The van der Waals surface area contributed by atoms with E-state index in [2.05, 4.69) is 6.07 Å². The molecule has 0 fully saturated rings. The number of benzene rings is 2. The third kappa shape index (κ3) is 1.45. The first kappa shape index (κ1) is 9.06. The van der Waals surface area contributed by atoms with Gasteiger partial charge in [0.15, 0.2) is 0 Å². The van der Waals surface area contributed by atoms with Crippen LogP contribution in [0.25, 0.3) is 10.8 Å². The summed E-state index contributed by atoms with van der Waals surface area (Å²) >= 11 is 0. The van der Waals surface area contributed by atoms with Crippen LogP contribution in [0, 0.1) is 6.07 Å². The second-order valence-electron chi connectivity index (χ2n) is 2.93. The van der Waals surface area contributed by atoms with Gasteiger partial charge in [-0.25, -0.2) is 0 Å². The molecule has 2 aromatic carbocycles. The number of hydrogen-bond donors (Lipinski definition) is 0. The Balaban J connectivity index is 2.78. The summed E-state index contributed by atoms with van der Waals surface area (Å²) in [5, 5.41) is 0.685. The Kier molecular flexibility index (Phi) is 1.95. The molecule has 71 valence electrons. The normalized spacial score (nSPS) is 11.9. The zero-order valence-corrected chi connectivity index (χ0v) is 7.10. The summed E-state index contributed by atoms with van der Waals surface area (Å²) in [5.74, 6) is 0. The maximum atomic E-state index is 12.5. The van der Waals surface area contributed by atoms with Crippen LogP contribution in [0.3, 0.4) is 0 Å². The van der Waals surface area contributed by atoms with Gasteiger partial charge in [0.25, 0.3) is 0 Å². The maximum absolute atomic E-state index is 12.5. The average molecular weight is 195 g/mol. The molecule has 0 saturated carbocycles. The van der Waals surface area contributed by atoms with E-state index in [1.54, 1.807) is 18.2 Å². The van der Waals surface area contributed by atoms with E-state index in [0.717, 1.165) is 6.07 Å². The Labute approximate surface area is 79.0 Å². The summed E-state index contributed by atoms with van der Waals surface area (Å²) < 4.78 is 37.5. The molecule has 0 aliphatic rings. The highest BCUT2D eigenvalue weighted by molar-refractivity contribution is 5.85. The average Bonchev–Trinajstić information content (AvgIpc) is 2.15. The third-order valence-corrected chi connectivity index (χ3v) is 2.01. The Morgan fingerprint density at radius 3 is 2.50 bits per heavy atom. The van der Waals surface area contributed by atoms with Crippen LogP contribution in [0.1, 0.15) is 5.56 Å². The molecule has 14 heavy (non-hydrogen) atoms. The smallest absolute Gasteiger partial charge is 0.166 e. The molecule has 0 N–H and O–H groups in total. The lowest BCUT2D eigenvalue weighted by Gasteiger charge is -2.09. The van der Waals surface area contributed by atoms with Crippen molar-refractivity contribution in [3.63, 3.8) is 0 Å². The van der Waals surface area contributed by atoms with Gasteiger partial charge in [-0.2, -0.15) is 13.2 Å². The first-order chi connectivity index (χ1) is 6.59. The third-order valence-electron chi connectivity index (χ3n) is 2.01. The number of hydrogen-bond acceptors (Lipinski definition) is 0. The van der Waals surface area contributed by atoms with E-state index >= 15 is 0 Å². The fourth-order valence-corrected chi connectivity index (χ4v) is 1.40. The van der Waals surface area contributed by atoms with Crippen LogP contribution in [-0.2, 0) is 6.18 Å². The number of alkyl halides is 3. The molecule has 2 rings (SSSR count). The minimum Gasteiger partial charge on any atom is -0.166 e. The van der Waals surface area contributed by atoms with Gasteiger partial charge in [-0.15, -0.1) is 0 Å². The van der Waals surface area contributed by atoms with E-state index in [4.69, 9.17) is 0 Å². The standard InChI is InChI=1S/C11H6F3/c12-11(13,14)10-7-3-5-8-4-1-2-6-9(8)10/h1-3,5-7H. The molecule has 2 aromatic rings. The highest BCUT2D eigenvalue weighted by Crippen LogP contribution is 2.34. The predicted octanol–water partition coefficient (Wildman–Crippen LogP) is 3.66. The van der Waals surface area contributed by atoms with E-state index in [9.17, 15) is 13.2 Å². The van der Waals surface area contributed by atoms with Crippen LogP contribution in [-0.4, -0.2) is 0 Å². The van der Waals surface area contributed by atoms with Crippen molar-refractivity contribution in [2.75, 3.05) is 0 Å². The van der Waals surface area contributed by atoms with Gasteiger partial charge in [-0.05, 0) is 22.9 Å². The molecule has 0 aromatic heterocycles. The molecule has 0 aliphatic heterocycles. The lowest BCUT2D eigenvalue weighted by atomic mass is 10.0. The van der Waals surface area contributed by atoms with Gasteiger partial charge in [0.05, 0.1) is 5.56 Å². The summed E-state index contributed by atoms with van der Waals surface area (Å²) in [7, 11) is 0. The van der Waals surface area contributed by atoms with Crippen molar-refractivity contribution < 1.29 is 13.2 Å². The Morgan fingerprint density at radius 1 is 1.00 bits per heavy atom. The highest BCUT2D eigenvalue weighted by atomic mass is 19.4. The van der Waals surface area contributed by atoms with Crippen LogP contribution in [0.4, 0.5) is 13.2 Å². The van der Waals surface area contributed by atoms with Crippen molar-refractivity contribution in [3.8, 4) is 0 Å². The van der Waals surface area contributed by atoms with Crippen LogP contribution in [0.15, 0.2) is 36.4 Å². The molecular formula is C11H6F3. The Morgan fingerprint density at radius 2 is 1.79 bits per heavy atom. The predicted molar refractivity (Wildman–Crippen MR) is 47.8 cm³/mol. The lowest BCUT2D eigenvalue weighted by Crippen LogP contribution is -2.05. The topological polar surface area (TPSA) is 0 Å². The molecule has 1 radical (unpaired) electrons. The van der Waals surface area contributed by atoms with Gasteiger partial charge in [0, 0.05) is 0 Å². The van der Waals surface area contributed by atoms with Crippen molar-refractivity contribution in [1.29, 1.82) is 0 Å². The molecule has 0 heterocycles. The number of rotatable bonds is 0. The highest BCUT2D eigenvalue weighted by Gasteiger charge is 2.31. The molecule has 3 heteroatoms. The van der Waals surface area contributed by atoms with Crippen LogP contribution in [0.5, 0.6) is 0 Å². The first-order valence-corrected chi connectivity index (χ1v) is 4.05. The van der Waals surface area contributed by atoms with Crippen LogP contribution < -0.4 is 0 Å². The molecule has 0 saturated heterocycles. The molecule has 0 nitrogen and oxygen atoms in total. The summed E-state index contributed by atoms with van der Waals surface area (Å²) in [6, 6.07) is 11.5. The minimum atomic E-state index is -4.30. The van der Waals surface area contributed by atoms with Crippen molar-refractivity contribution in [2.24, 2.45) is 0 Å². The summed E-state index contributed by atoms with van der Waals surface area (Å²) in [5.41, 5.74) is -0.605. The first-order valence-electron chi connectivity index (χ1n) is 4.05. The summed E-state index contributed by atoms with van der Waals surface area (Å²) in [4.78, 5) is 0. The van der Waals surface area contributed by atoms with Gasteiger partial charge in [-0.1, -0.05) is 30.3 Å².